The number of alkyl halides is 9. The van der Waals surface area contributed by atoms with Crippen molar-refractivity contribution in [2.75, 3.05) is 83.1 Å². The van der Waals surface area contributed by atoms with E-state index in [2.05, 4.69) is 79.9 Å². The van der Waals surface area contributed by atoms with E-state index in [1.807, 2.05) is 49.4 Å². The van der Waals surface area contributed by atoms with Crippen molar-refractivity contribution in [3.63, 3.8) is 0 Å². The summed E-state index contributed by atoms with van der Waals surface area (Å²) in [7, 11) is 0. The van der Waals surface area contributed by atoms with E-state index in [4.69, 9.17) is 38.8 Å². The average Bonchev–Trinajstić information content (AvgIpc) is 0.960. The number of pyridine rings is 8. The molecule has 7 atom stereocenters. The summed E-state index contributed by atoms with van der Waals surface area (Å²) < 4.78 is 127. The third-order valence-electron chi connectivity index (χ3n) is 20.1. The fraction of sp³-hybridized carbons (Fsp3) is 0.302. The number of hydrogen-bond acceptors (Lipinski definition) is 25. The van der Waals surface area contributed by atoms with E-state index in [9.17, 15) is 63.8 Å². The number of halogens is 9. The number of nitrogens with one attached hydrogen (secondary N) is 4. The molecule has 9 aromatic heterocycles. The number of nitrogens with zero attached hydrogens (tertiary/aromatic N) is 9. The number of furan rings is 1. The lowest BCUT2D eigenvalue weighted by Gasteiger charge is -2.35. The molecule has 11 aromatic rings. The molecule has 0 bridgehead atoms. The van der Waals surface area contributed by atoms with E-state index in [0.717, 1.165) is 87.4 Å². The first-order chi connectivity index (χ1) is 57.2. The number of anilines is 8. The van der Waals surface area contributed by atoms with Crippen molar-refractivity contribution in [3.8, 4) is 11.3 Å². The van der Waals surface area contributed by atoms with Crippen LogP contribution in [-0.4, -0.2) is 126 Å². The van der Waals surface area contributed by atoms with Crippen LogP contribution >= 0.6 is 0 Å². The summed E-state index contributed by atoms with van der Waals surface area (Å²) in [5, 5.41) is 23.1. The second-order valence-electron chi connectivity index (χ2n) is 29.1. The van der Waals surface area contributed by atoms with Crippen molar-refractivity contribution in [3.05, 3.63) is 274 Å². The molecule has 658 valence electrons. The van der Waals surface area contributed by atoms with Crippen molar-refractivity contribution < 1.29 is 88.2 Å². The Morgan fingerprint density at radius 2 is 0.992 bits per heavy atom. The van der Waals surface area contributed by atoms with Gasteiger partial charge in [0.05, 0.1) is 57.4 Å². The molecule has 5 unspecified atom stereocenters. The third-order valence-corrected chi connectivity index (χ3v) is 20.1. The number of hydrogen-bond donors (Lipinski definition) is 11. The number of carbonyl (C=O) groups excluding carboxylic acids is 4. The Morgan fingerprint density at radius 3 is 1.43 bits per heavy atom. The summed E-state index contributed by atoms with van der Waals surface area (Å²) in [6.45, 7) is 12.1. The molecule has 1 saturated heterocycles. The highest BCUT2D eigenvalue weighted by Crippen LogP contribution is 2.39. The Bertz CT molecular complexity index is 5350. The number of benzene rings is 2. The molecule has 2 aliphatic rings. The van der Waals surface area contributed by atoms with Gasteiger partial charge >= 0.3 is 18.5 Å². The van der Waals surface area contributed by atoms with Gasteiger partial charge in [0.1, 0.15) is 69.4 Å². The van der Waals surface area contributed by atoms with Crippen molar-refractivity contribution >= 4 is 69.7 Å². The summed E-state index contributed by atoms with van der Waals surface area (Å²) in [4.78, 5) is 85.9. The van der Waals surface area contributed by atoms with Gasteiger partial charge in [-0.3, -0.25) is 19.2 Å². The maximum absolute atomic E-state index is 13.5. The van der Waals surface area contributed by atoms with Crippen LogP contribution in [0.15, 0.2) is 205 Å². The molecule has 1 aliphatic carbocycles. The minimum Gasteiger partial charge on any atom is -0.464 e. The van der Waals surface area contributed by atoms with Gasteiger partial charge in [0.15, 0.2) is 5.78 Å². The molecule has 13 rings (SSSR count). The van der Waals surface area contributed by atoms with E-state index in [1.54, 1.807) is 74.1 Å². The Labute approximate surface area is 706 Å². The van der Waals surface area contributed by atoms with Crippen molar-refractivity contribution in [2.45, 2.75) is 108 Å². The van der Waals surface area contributed by atoms with E-state index >= 15 is 0 Å². The lowest BCUT2D eigenvalue weighted by atomic mass is 9.81. The Balaban J connectivity index is -0.000000533. The molecule has 2 aromatic carbocycles. The van der Waals surface area contributed by atoms with Crippen LogP contribution in [0.4, 0.5) is 86.1 Å². The van der Waals surface area contributed by atoms with E-state index in [-0.39, 0.29) is 95.1 Å². The first-order valence-electron chi connectivity index (χ1n) is 38.4. The lowest BCUT2D eigenvalue weighted by molar-refractivity contribution is -0.138. The summed E-state index contributed by atoms with van der Waals surface area (Å²) in [5.41, 5.74) is 31.7. The maximum Gasteiger partial charge on any atom is 0.418 e. The second kappa shape index (κ2) is 40.6. The van der Waals surface area contributed by atoms with Gasteiger partial charge in [0, 0.05) is 113 Å². The van der Waals surface area contributed by atoms with Crippen LogP contribution in [0.2, 0.25) is 0 Å². The zero-order chi connectivity index (χ0) is 86.6. The number of carbonyl (C=O) groups is 4. The second-order valence-corrected chi connectivity index (χ2v) is 29.1. The van der Waals surface area contributed by atoms with Gasteiger partial charge in [-0.1, -0.05) is 80.9 Å². The minimum absolute atomic E-state index is 0. The summed E-state index contributed by atoms with van der Waals surface area (Å²) in [5.74, 6) is -0.245. The largest absolute Gasteiger partial charge is 0.464 e. The zero-order valence-electron chi connectivity index (χ0n) is 65.8. The summed E-state index contributed by atoms with van der Waals surface area (Å²) in [6, 6.07) is 40.9. The molecule has 17 N–H and O–H groups in total. The van der Waals surface area contributed by atoms with E-state index in [1.165, 1.54) is 67.1 Å². The molecule has 10 heterocycles. The van der Waals surface area contributed by atoms with Crippen LogP contribution in [0, 0.1) is 17.8 Å². The molecule has 0 amide bonds. The standard InChI is InChI=1S/C23H27N5O2.C22H22F3N5O.C21H19F3N4O2.C20H24F3N5O.14H2/c1-15(2)11-16-14-28(9-8-25-16)21-12-18(19(13-27-21)20-6-4-10-30-20)22(29)17-5-3-7-26-23(17)24;1-13(16(12-26)14-6-3-2-4-7-14)29-18-10-9-17(22(23,24)25)19(30-18)20(31)15-8-5-11-28-21(15)27;1-12(18(29)13-6-3-2-4-7-13)27-16-10-9-15(21(22,23)24)17(28-16)19(30)14-8-5-11-26-20(14)25;21-20(22,23)15-6-7-16(27-11-13-4-1-3-12(9-13)10-24)28-17(15)18(29)14-5-2-8-26-19(14)25;;;;;;;;;;;;;;/h3-7,10,12-13,15-16,25H,8-9,11,14H2,1-2H3,(H2,24,26);2-11,13,16H,12,26H2,1H3,(H2,27,28)(H,29,30);2-12,18,29H,1H3,(H2,25,26)(H,27,28);2,5-8,12-13H,1,3-4,9-11,24H2,(H2,25,26)(H,27,28);14*1H/t16-;;12?,18-;;;;;;;;;;;;;;;/m0.1.............../s1. The molecule has 25 nitrogen and oxygen atoms in total. The normalized spacial score (nSPS) is 15.8. The molecule has 0 spiro atoms. The van der Waals surface area contributed by atoms with Gasteiger partial charge < -0.3 is 70.1 Å². The van der Waals surface area contributed by atoms with Gasteiger partial charge in [-0.25, -0.2) is 39.9 Å². The smallest absolute Gasteiger partial charge is 0.418 e. The molecule has 120 heavy (non-hydrogen) atoms. The summed E-state index contributed by atoms with van der Waals surface area (Å²) in [6.07, 6.45) is -1.00. The molecule has 34 heteroatoms. The van der Waals surface area contributed by atoms with Gasteiger partial charge in [-0.2, -0.15) is 39.5 Å². The molecule has 2 fully saturated rings. The Hall–Kier alpha value is -12.8. The van der Waals surface area contributed by atoms with Gasteiger partial charge in [-0.15, -0.1) is 0 Å². The molecule has 1 saturated carbocycles. The SMILES string of the molecule is CC(C)C[C@H]1CN(c2cc(C(=O)c3cccnc3N)c(-c3ccco3)cn2)CCN1.CC(Nc1ccc(C(F)(F)F)c(C(=O)c2cccnc2N)n1)C(CN)c1ccccc1.CC(Nc1ccc(C(F)(F)F)c(C(=O)c2cccnc2N)n1)[C@@H](O)c1ccccc1.NCC1CCCC(CNc2ccc(C(F)(F)F)c(C(=O)c3cccnc3N)n2)C1.[HH].[HH].[HH].[HH].[HH].[HH].[HH].[HH].[HH].[HH].[HH].[HH].[HH].[HH]. The number of nitrogens with two attached hydrogens (primary N) is 6. The topological polar surface area (TPSA) is 412 Å². The van der Waals surface area contributed by atoms with E-state index in [0.29, 0.717) is 71.4 Å². The van der Waals surface area contributed by atoms with Crippen LogP contribution in [0.3, 0.4) is 0 Å². The van der Waals surface area contributed by atoms with Crippen molar-refractivity contribution in [2.24, 2.45) is 29.2 Å². The third kappa shape index (κ3) is 23.3. The average molecular weight is 1690 g/mol. The number of aliphatic hydroxyl groups is 1. The maximum atomic E-state index is 13.5. The summed E-state index contributed by atoms with van der Waals surface area (Å²) >= 11 is 0. The number of piperazine rings is 1. The first kappa shape index (κ1) is 89.6. The predicted octanol–water partition coefficient (Wildman–Crippen LogP) is 18.0. The monoisotopic (exact) mass is 1690 g/mol. The zero-order valence-corrected chi connectivity index (χ0v) is 65.8. The van der Waals surface area contributed by atoms with Gasteiger partial charge in [0.25, 0.3) is 0 Å². The van der Waals surface area contributed by atoms with Crippen LogP contribution < -0.4 is 60.6 Å². The van der Waals surface area contributed by atoms with Crippen LogP contribution in [0.1, 0.15) is 184 Å². The quantitative estimate of drug-likeness (QED) is 0.0187. The fourth-order valence-electron chi connectivity index (χ4n) is 14.0. The van der Waals surface area contributed by atoms with Crippen molar-refractivity contribution in [1.82, 2.24) is 45.2 Å². The molecular weight excluding hydrogens is 1570 g/mol. The number of aromatic nitrogens is 8. The fourth-order valence-corrected chi connectivity index (χ4v) is 14.0. The number of ketones is 4. The number of nitrogen functional groups attached to an aromatic ring is 4. The number of rotatable bonds is 25. The molecule has 0 radical (unpaired) electrons. The number of aliphatic hydroxyl groups excluding tert-OH is 1. The molecular formula is C86H120F9N19O6. The highest BCUT2D eigenvalue weighted by atomic mass is 19.4. The lowest BCUT2D eigenvalue weighted by Crippen LogP contribution is -2.51. The highest BCUT2D eigenvalue weighted by Gasteiger charge is 2.41. The Kier molecular flexibility index (Phi) is 30.3. The first-order valence-corrected chi connectivity index (χ1v) is 38.4. The van der Waals surface area contributed by atoms with E-state index < -0.39 is 81.8 Å². The minimum atomic E-state index is -4.79. The van der Waals surface area contributed by atoms with Crippen LogP contribution in [0.5, 0.6) is 0 Å². The van der Waals surface area contributed by atoms with Crippen LogP contribution in [-0.2, 0) is 18.5 Å². The Morgan fingerprint density at radius 1 is 0.542 bits per heavy atom. The highest BCUT2D eigenvalue weighted by molar-refractivity contribution is 6.15. The van der Waals surface area contributed by atoms with Crippen molar-refractivity contribution in [1.29, 1.82) is 0 Å². The predicted molar refractivity (Wildman–Crippen MR) is 470 cm³/mol. The van der Waals surface area contributed by atoms with Gasteiger partial charge in [-0.05, 0) is 178 Å². The van der Waals surface area contributed by atoms with Crippen LogP contribution in [0.25, 0.3) is 11.3 Å². The molecule has 1 aliphatic heterocycles. The van der Waals surface area contributed by atoms with Gasteiger partial charge in [0.2, 0.25) is 17.3 Å².